The molecule has 5 heteroatoms. The van der Waals surface area contributed by atoms with E-state index in [0.29, 0.717) is 12.2 Å². The standard InChI is InChI=1S/C16H14N2O2S/c1-2-20-18-16(19)12-10-14(15-8-5-9-21-15)17-13-7-4-3-6-11(12)13/h3-10H,2H2,1H3,(H,18,19). The molecule has 0 atom stereocenters. The van der Waals surface area contributed by atoms with Crippen LogP contribution in [0.1, 0.15) is 17.3 Å². The largest absolute Gasteiger partial charge is 0.275 e. The van der Waals surface area contributed by atoms with Crippen molar-refractivity contribution in [2.24, 2.45) is 0 Å². The second kappa shape index (κ2) is 6.03. The lowest BCUT2D eigenvalue weighted by Gasteiger charge is -2.09. The number of thiophene rings is 1. The minimum absolute atomic E-state index is 0.256. The van der Waals surface area contributed by atoms with E-state index in [0.717, 1.165) is 21.5 Å². The van der Waals surface area contributed by atoms with Crippen LogP contribution in [0.4, 0.5) is 0 Å². The van der Waals surface area contributed by atoms with E-state index in [-0.39, 0.29) is 5.91 Å². The van der Waals surface area contributed by atoms with Crippen LogP contribution >= 0.6 is 11.3 Å². The number of hydroxylamine groups is 1. The van der Waals surface area contributed by atoms with Crippen LogP contribution in [0.5, 0.6) is 0 Å². The van der Waals surface area contributed by atoms with Crippen molar-refractivity contribution in [1.82, 2.24) is 10.5 Å². The molecular formula is C16H14N2O2S. The molecule has 1 amide bonds. The smallest absolute Gasteiger partial charge is 0.274 e. The Morgan fingerprint density at radius 3 is 2.90 bits per heavy atom. The zero-order valence-corrected chi connectivity index (χ0v) is 12.3. The number of rotatable bonds is 4. The van der Waals surface area contributed by atoms with E-state index in [1.165, 1.54) is 0 Å². The summed E-state index contributed by atoms with van der Waals surface area (Å²) in [5.41, 5.74) is 4.61. The molecule has 0 bridgehead atoms. The van der Waals surface area contributed by atoms with Crippen LogP contribution in [-0.2, 0) is 4.84 Å². The Bertz CT molecular complexity index is 769. The van der Waals surface area contributed by atoms with Crippen LogP contribution in [-0.4, -0.2) is 17.5 Å². The molecule has 0 fully saturated rings. The second-order valence-corrected chi connectivity index (χ2v) is 5.36. The third-order valence-electron chi connectivity index (χ3n) is 3.04. The van der Waals surface area contributed by atoms with E-state index in [1.54, 1.807) is 11.3 Å². The van der Waals surface area contributed by atoms with Crippen LogP contribution in [0.3, 0.4) is 0 Å². The molecule has 0 aliphatic rings. The van der Waals surface area contributed by atoms with E-state index >= 15 is 0 Å². The molecule has 0 spiro atoms. The highest BCUT2D eigenvalue weighted by molar-refractivity contribution is 7.13. The summed E-state index contributed by atoms with van der Waals surface area (Å²) >= 11 is 1.60. The summed E-state index contributed by atoms with van der Waals surface area (Å²) in [4.78, 5) is 23.0. The molecule has 0 saturated heterocycles. The molecule has 0 unspecified atom stereocenters. The summed E-state index contributed by atoms with van der Waals surface area (Å²) in [6.45, 7) is 2.24. The summed E-state index contributed by atoms with van der Waals surface area (Å²) in [5.74, 6) is -0.256. The van der Waals surface area contributed by atoms with Gasteiger partial charge in [-0.3, -0.25) is 9.63 Å². The second-order valence-electron chi connectivity index (χ2n) is 4.41. The Morgan fingerprint density at radius 2 is 2.14 bits per heavy atom. The molecule has 3 rings (SSSR count). The number of amides is 1. The average molecular weight is 298 g/mol. The molecular weight excluding hydrogens is 284 g/mol. The van der Waals surface area contributed by atoms with Gasteiger partial charge in [-0.2, -0.15) is 0 Å². The summed E-state index contributed by atoms with van der Waals surface area (Å²) in [7, 11) is 0. The quantitative estimate of drug-likeness (QED) is 0.748. The molecule has 106 valence electrons. The Hall–Kier alpha value is -2.24. The summed E-state index contributed by atoms with van der Waals surface area (Å²) in [6, 6.07) is 13.4. The molecule has 0 aliphatic carbocycles. The fourth-order valence-corrected chi connectivity index (χ4v) is 2.79. The molecule has 4 nitrogen and oxygen atoms in total. The molecule has 21 heavy (non-hydrogen) atoms. The van der Waals surface area contributed by atoms with Crippen LogP contribution in [0.2, 0.25) is 0 Å². The van der Waals surface area contributed by atoms with E-state index < -0.39 is 0 Å². The fraction of sp³-hybridized carbons (Fsp3) is 0.125. The van der Waals surface area contributed by atoms with Gasteiger partial charge in [0.25, 0.3) is 5.91 Å². The number of para-hydroxylation sites is 1. The lowest BCUT2D eigenvalue weighted by molar-refractivity contribution is 0.0366. The molecule has 0 aliphatic heterocycles. The third-order valence-corrected chi connectivity index (χ3v) is 3.94. The van der Waals surface area contributed by atoms with Crippen molar-refractivity contribution in [1.29, 1.82) is 0 Å². The van der Waals surface area contributed by atoms with Crippen molar-refractivity contribution < 1.29 is 9.63 Å². The predicted molar refractivity (Wildman–Crippen MR) is 84.1 cm³/mol. The van der Waals surface area contributed by atoms with Crippen molar-refractivity contribution in [2.75, 3.05) is 6.61 Å². The van der Waals surface area contributed by atoms with Crippen LogP contribution in [0.15, 0.2) is 47.8 Å². The van der Waals surface area contributed by atoms with Gasteiger partial charge in [0.15, 0.2) is 0 Å². The van der Waals surface area contributed by atoms with Gasteiger partial charge < -0.3 is 0 Å². The molecule has 1 aromatic carbocycles. The van der Waals surface area contributed by atoms with E-state index in [2.05, 4.69) is 10.5 Å². The number of fused-ring (bicyclic) bond motifs is 1. The van der Waals surface area contributed by atoms with Gasteiger partial charge in [0.05, 0.1) is 28.3 Å². The molecule has 1 N–H and O–H groups in total. The van der Waals surface area contributed by atoms with Gasteiger partial charge in [-0.05, 0) is 30.5 Å². The first-order chi connectivity index (χ1) is 10.3. The Kier molecular flexibility index (Phi) is 3.94. The highest BCUT2D eigenvalue weighted by Gasteiger charge is 2.14. The highest BCUT2D eigenvalue weighted by Crippen LogP contribution is 2.27. The zero-order valence-electron chi connectivity index (χ0n) is 11.5. The molecule has 2 aromatic heterocycles. The van der Waals surface area contributed by atoms with Gasteiger partial charge in [-0.15, -0.1) is 11.3 Å². The number of benzene rings is 1. The van der Waals surface area contributed by atoms with Crippen molar-refractivity contribution >= 4 is 28.1 Å². The van der Waals surface area contributed by atoms with Crippen LogP contribution in [0.25, 0.3) is 21.5 Å². The Labute approximate surface area is 126 Å². The van der Waals surface area contributed by atoms with E-state index in [9.17, 15) is 4.79 Å². The first-order valence-corrected chi connectivity index (χ1v) is 7.53. The minimum atomic E-state index is -0.256. The number of hydrogen-bond acceptors (Lipinski definition) is 4. The number of pyridine rings is 1. The van der Waals surface area contributed by atoms with Crippen LogP contribution in [0, 0.1) is 0 Å². The number of carbonyl (C=O) groups is 1. The average Bonchev–Trinajstić information content (AvgIpc) is 3.06. The number of nitrogens with zero attached hydrogens (tertiary/aromatic N) is 1. The van der Waals surface area contributed by atoms with Gasteiger partial charge >= 0.3 is 0 Å². The lowest BCUT2D eigenvalue weighted by Crippen LogP contribution is -2.24. The van der Waals surface area contributed by atoms with Gasteiger partial charge in [0.1, 0.15) is 0 Å². The maximum Gasteiger partial charge on any atom is 0.275 e. The zero-order chi connectivity index (χ0) is 14.7. The maximum absolute atomic E-state index is 12.3. The van der Waals surface area contributed by atoms with Crippen molar-refractivity contribution in [2.45, 2.75) is 6.92 Å². The van der Waals surface area contributed by atoms with E-state index in [1.807, 2.05) is 54.8 Å². The van der Waals surface area contributed by atoms with Gasteiger partial charge in [0, 0.05) is 5.39 Å². The molecule has 0 saturated carbocycles. The number of hydrogen-bond donors (Lipinski definition) is 1. The van der Waals surface area contributed by atoms with E-state index in [4.69, 9.17) is 4.84 Å². The normalized spacial score (nSPS) is 10.7. The van der Waals surface area contributed by atoms with Crippen LogP contribution < -0.4 is 5.48 Å². The summed E-state index contributed by atoms with van der Waals surface area (Å²) in [5, 5.41) is 2.81. The van der Waals surface area contributed by atoms with Crippen molar-refractivity contribution in [3.05, 3.63) is 53.4 Å². The van der Waals surface area contributed by atoms with Gasteiger partial charge in [0.2, 0.25) is 0 Å². The summed E-state index contributed by atoms with van der Waals surface area (Å²) in [6.07, 6.45) is 0. The lowest BCUT2D eigenvalue weighted by atomic mass is 10.1. The number of aromatic nitrogens is 1. The van der Waals surface area contributed by atoms with Crippen molar-refractivity contribution in [3.63, 3.8) is 0 Å². The first kappa shape index (κ1) is 13.7. The molecule has 3 aromatic rings. The monoisotopic (exact) mass is 298 g/mol. The number of nitrogens with one attached hydrogen (secondary N) is 1. The maximum atomic E-state index is 12.3. The third kappa shape index (κ3) is 2.79. The van der Waals surface area contributed by atoms with Gasteiger partial charge in [-0.25, -0.2) is 10.5 Å². The van der Waals surface area contributed by atoms with Crippen molar-refractivity contribution in [3.8, 4) is 10.6 Å². The SMILES string of the molecule is CCONC(=O)c1cc(-c2cccs2)nc2ccccc12. The summed E-state index contributed by atoms with van der Waals surface area (Å²) < 4.78 is 0. The Balaban J connectivity index is 2.14. The highest BCUT2D eigenvalue weighted by atomic mass is 32.1. The first-order valence-electron chi connectivity index (χ1n) is 6.65. The molecule has 0 radical (unpaired) electrons. The fourth-order valence-electron chi connectivity index (χ4n) is 2.11. The number of carbonyl (C=O) groups excluding carboxylic acids is 1. The topological polar surface area (TPSA) is 51.2 Å². The Morgan fingerprint density at radius 1 is 1.29 bits per heavy atom. The van der Waals surface area contributed by atoms with Gasteiger partial charge in [-0.1, -0.05) is 24.3 Å². The predicted octanol–water partition coefficient (Wildman–Crippen LogP) is 3.64. The minimum Gasteiger partial charge on any atom is -0.274 e. The molecule has 2 heterocycles.